The number of Topliss-reactive ketones (excluding diaryl/α,β-unsaturated/α-hetero) is 1. The van der Waals surface area contributed by atoms with Crippen molar-refractivity contribution in [3.05, 3.63) is 47.0 Å². The minimum atomic E-state index is 0.0923. The number of carbonyl (C=O) groups is 1. The summed E-state index contributed by atoms with van der Waals surface area (Å²) in [6, 6.07) is 11.7. The molecule has 3 rings (SSSR count). The van der Waals surface area contributed by atoms with Crippen LogP contribution >= 0.6 is 11.6 Å². The van der Waals surface area contributed by atoms with Crippen LogP contribution < -0.4 is 5.32 Å². The van der Waals surface area contributed by atoms with Gasteiger partial charge in [0.05, 0.1) is 23.3 Å². The van der Waals surface area contributed by atoms with E-state index in [9.17, 15) is 4.79 Å². The van der Waals surface area contributed by atoms with Crippen LogP contribution in [0.25, 0.3) is 21.8 Å². The van der Waals surface area contributed by atoms with Gasteiger partial charge >= 0.3 is 0 Å². The van der Waals surface area contributed by atoms with Crippen molar-refractivity contribution < 1.29 is 4.79 Å². The highest BCUT2D eigenvalue weighted by Crippen LogP contribution is 2.32. The zero-order chi connectivity index (χ0) is 15.0. The van der Waals surface area contributed by atoms with Gasteiger partial charge in [-0.3, -0.25) is 4.79 Å². The van der Waals surface area contributed by atoms with E-state index in [4.69, 9.17) is 11.6 Å². The maximum Gasteiger partial charge on any atom is 0.148 e. The van der Waals surface area contributed by atoms with E-state index in [1.807, 2.05) is 37.3 Å². The molecule has 0 fully saturated rings. The lowest BCUT2D eigenvalue weighted by Gasteiger charge is -2.13. The van der Waals surface area contributed by atoms with E-state index in [0.29, 0.717) is 11.6 Å². The summed E-state index contributed by atoms with van der Waals surface area (Å²) < 4.78 is 0. The van der Waals surface area contributed by atoms with Gasteiger partial charge in [0.15, 0.2) is 0 Å². The van der Waals surface area contributed by atoms with Crippen LogP contribution in [-0.4, -0.2) is 17.3 Å². The maximum absolute atomic E-state index is 11.3. The Bertz CT molecular complexity index is 858. The van der Waals surface area contributed by atoms with Gasteiger partial charge in [-0.2, -0.15) is 0 Å². The third kappa shape index (κ3) is 2.69. The summed E-state index contributed by atoms with van der Waals surface area (Å²) in [5.74, 6) is 0.0923. The Morgan fingerprint density at radius 1 is 1.14 bits per heavy atom. The molecule has 1 aromatic heterocycles. The predicted octanol–water partition coefficient (Wildman–Crippen LogP) is 4.35. The van der Waals surface area contributed by atoms with E-state index < -0.39 is 0 Å². The second kappa shape index (κ2) is 5.34. The first-order chi connectivity index (χ1) is 10.0. The monoisotopic (exact) mass is 298 g/mol. The fourth-order valence-electron chi connectivity index (χ4n) is 2.43. The molecule has 0 atom stereocenters. The van der Waals surface area contributed by atoms with Crippen LogP contribution in [0.15, 0.2) is 36.4 Å². The Hall–Kier alpha value is -2.13. The van der Waals surface area contributed by atoms with Gasteiger partial charge < -0.3 is 5.32 Å². The third-order valence-electron chi connectivity index (χ3n) is 3.41. The molecule has 1 N–H and O–H groups in total. The number of anilines is 1. The number of nitrogens with one attached hydrogen (secondary N) is 1. The highest BCUT2D eigenvalue weighted by Gasteiger charge is 2.10. The summed E-state index contributed by atoms with van der Waals surface area (Å²) in [6.45, 7) is 3.91. The Morgan fingerprint density at radius 3 is 2.71 bits per heavy atom. The highest BCUT2D eigenvalue weighted by molar-refractivity contribution is 6.31. The summed E-state index contributed by atoms with van der Waals surface area (Å²) in [7, 11) is 0. The van der Waals surface area contributed by atoms with Gasteiger partial charge in [0.2, 0.25) is 0 Å². The minimum Gasteiger partial charge on any atom is -0.377 e. The minimum absolute atomic E-state index is 0.0923. The number of rotatable bonds is 3. The van der Waals surface area contributed by atoms with Crippen LogP contribution in [0.4, 0.5) is 5.69 Å². The number of hydrogen-bond acceptors (Lipinski definition) is 3. The van der Waals surface area contributed by atoms with Crippen molar-refractivity contribution in [2.24, 2.45) is 0 Å². The SMILES string of the molecule is CC(=O)CNc1c2ccc(Cl)cc2nc2ccc(C)cc12. The molecule has 0 aliphatic heterocycles. The number of pyridine rings is 1. The molecule has 2 aromatic carbocycles. The van der Waals surface area contributed by atoms with Gasteiger partial charge in [0, 0.05) is 15.8 Å². The summed E-state index contributed by atoms with van der Waals surface area (Å²) >= 11 is 6.06. The first-order valence-corrected chi connectivity index (χ1v) is 7.15. The van der Waals surface area contributed by atoms with Crippen LogP contribution in [-0.2, 0) is 4.79 Å². The standard InChI is InChI=1S/C17H15ClN2O/c1-10-3-6-15-14(7-10)17(19-9-11(2)21)13-5-4-12(18)8-16(13)20-15/h3-8H,9H2,1-2H3,(H,19,20). The number of nitrogens with zero attached hydrogens (tertiary/aromatic N) is 1. The van der Waals surface area contributed by atoms with E-state index in [1.54, 1.807) is 6.92 Å². The number of carbonyl (C=O) groups excluding carboxylic acids is 1. The average molecular weight is 299 g/mol. The Balaban J connectivity index is 2.33. The van der Waals surface area contributed by atoms with E-state index in [-0.39, 0.29) is 5.78 Å². The smallest absolute Gasteiger partial charge is 0.148 e. The first kappa shape index (κ1) is 13.8. The van der Waals surface area contributed by atoms with E-state index in [0.717, 1.165) is 33.1 Å². The molecular weight excluding hydrogens is 284 g/mol. The molecule has 3 aromatic rings. The van der Waals surface area contributed by atoms with Crippen LogP contribution in [0, 0.1) is 6.92 Å². The molecule has 0 unspecified atom stereocenters. The van der Waals surface area contributed by atoms with Gasteiger partial charge in [-0.25, -0.2) is 4.98 Å². The fourth-order valence-corrected chi connectivity index (χ4v) is 2.60. The molecule has 1 heterocycles. The van der Waals surface area contributed by atoms with Gasteiger partial charge in [-0.15, -0.1) is 0 Å². The highest BCUT2D eigenvalue weighted by atomic mass is 35.5. The lowest BCUT2D eigenvalue weighted by atomic mass is 10.1. The molecule has 0 saturated heterocycles. The fraction of sp³-hybridized carbons (Fsp3) is 0.176. The molecule has 0 saturated carbocycles. The Morgan fingerprint density at radius 2 is 1.95 bits per heavy atom. The molecule has 106 valence electrons. The van der Waals surface area contributed by atoms with E-state index in [1.165, 1.54) is 0 Å². The van der Waals surface area contributed by atoms with Crippen molar-refractivity contribution in [2.45, 2.75) is 13.8 Å². The summed E-state index contributed by atoms with van der Waals surface area (Å²) in [6.07, 6.45) is 0. The number of aromatic nitrogens is 1. The molecule has 0 spiro atoms. The lowest BCUT2D eigenvalue weighted by Crippen LogP contribution is -2.10. The van der Waals surface area contributed by atoms with Crippen molar-refractivity contribution in [2.75, 3.05) is 11.9 Å². The van der Waals surface area contributed by atoms with E-state index in [2.05, 4.69) is 16.4 Å². The molecule has 0 bridgehead atoms. The quantitative estimate of drug-likeness (QED) is 0.731. The maximum atomic E-state index is 11.3. The normalized spacial score (nSPS) is 11.0. The molecule has 0 aliphatic rings. The van der Waals surface area contributed by atoms with Gasteiger partial charge in [-0.1, -0.05) is 23.2 Å². The lowest BCUT2D eigenvalue weighted by molar-refractivity contribution is -0.115. The average Bonchev–Trinajstić information content (AvgIpc) is 2.43. The van der Waals surface area contributed by atoms with Crippen LogP contribution in [0.1, 0.15) is 12.5 Å². The molecular formula is C17H15ClN2O. The molecule has 21 heavy (non-hydrogen) atoms. The topological polar surface area (TPSA) is 42.0 Å². The Kier molecular flexibility index (Phi) is 3.52. The number of hydrogen-bond donors (Lipinski definition) is 1. The number of halogens is 1. The van der Waals surface area contributed by atoms with Crippen LogP contribution in [0.3, 0.4) is 0 Å². The van der Waals surface area contributed by atoms with E-state index >= 15 is 0 Å². The van der Waals surface area contributed by atoms with Crippen LogP contribution in [0.2, 0.25) is 5.02 Å². The zero-order valence-corrected chi connectivity index (χ0v) is 12.7. The van der Waals surface area contributed by atoms with Gasteiger partial charge in [-0.05, 0) is 44.2 Å². The predicted molar refractivity (Wildman–Crippen MR) is 88.2 cm³/mol. The molecule has 0 amide bonds. The molecule has 0 aliphatic carbocycles. The molecule has 3 nitrogen and oxygen atoms in total. The molecule has 4 heteroatoms. The zero-order valence-electron chi connectivity index (χ0n) is 11.9. The van der Waals surface area contributed by atoms with Crippen molar-refractivity contribution in [1.29, 1.82) is 0 Å². The van der Waals surface area contributed by atoms with Crippen molar-refractivity contribution in [1.82, 2.24) is 4.98 Å². The van der Waals surface area contributed by atoms with Gasteiger partial charge in [0.25, 0.3) is 0 Å². The number of aryl methyl sites for hydroxylation is 1. The summed E-state index contributed by atoms with van der Waals surface area (Å²) in [5.41, 5.74) is 3.81. The second-order valence-electron chi connectivity index (χ2n) is 5.22. The van der Waals surface area contributed by atoms with Crippen molar-refractivity contribution in [3.8, 4) is 0 Å². The summed E-state index contributed by atoms with van der Waals surface area (Å²) in [5, 5.41) is 5.89. The largest absolute Gasteiger partial charge is 0.377 e. The second-order valence-corrected chi connectivity index (χ2v) is 5.66. The number of fused-ring (bicyclic) bond motifs is 2. The number of ketones is 1. The first-order valence-electron chi connectivity index (χ1n) is 6.77. The van der Waals surface area contributed by atoms with Crippen LogP contribution in [0.5, 0.6) is 0 Å². The Labute approximate surface area is 127 Å². The summed E-state index contributed by atoms with van der Waals surface area (Å²) in [4.78, 5) is 16.0. The number of benzene rings is 2. The molecule has 0 radical (unpaired) electrons. The van der Waals surface area contributed by atoms with Crippen molar-refractivity contribution in [3.63, 3.8) is 0 Å². The third-order valence-corrected chi connectivity index (χ3v) is 3.64. The van der Waals surface area contributed by atoms with Crippen molar-refractivity contribution >= 4 is 44.9 Å². The van der Waals surface area contributed by atoms with Gasteiger partial charge in [0.1, 0.15) is 5.78 Å².